The molecule has 0 heterocycles. The molecule has 0 aromatic heterocycles. The number of hydrogen-bond acceptors (Lipinski definition) is 2. The van der Waals surface area contributed by atoms with Crippen molar-refractivity contribution in [1.29, 1.82) is 0 Å². The van der Waals surface area contributed by atoms with E-state index in [-0.39, 0.29) is 5.12 Å². The summed E-state index contributed by atoms with van der Waals surface area (Å²) in [4.78, 5) is 11.3. The minimum Gasteiger partial charge on any atom is -0.288 e. The van der Waals surface area contributed by atoms with Crippen LogP contribution in [0.15, 0.2) is 0 Å². The van der Waals surface area contributed by atoms with Gasteiger partial charge in [-0.2, -0.15) is 0 Å². The van der Waals surface area contributed by atoms with Gasteiger partial charge in [-0.25, -0.2) is 0 Å². The van der Waals surface area contributed by atoms with Gasteiger partial charge in [-0.05, 0) is 26.3 Å². The van der Waals surface area contributed by atoms with E-state index in [9.17, 15) is 4.79 Å². The molecule has 73 valence electrons. The molecule has 1 radical (unpaired) electrons. The van der Waals surface area contributed by atoms with Crippen molar-refractivity contribution in [2.45, 2.75) is 26.7 Å². The van der Waals surface area contributed by atoms with Gasteiger partial charge in [0, 0.05) is 13.2 Å². The maximum atomic E-state index is 11.3. The highest BCUT2D eigenvalue weighted by atomic mass is 32.3. The molecule has 0 bridgehead atoms. The number of carbonyl (C=O) groups excluding carboxylic acids is 1. The zero-order valence-corrected chi connectivity index (χ0v) is 9.41. The van der Waals surface area contributed by atoms with Crippen LogP contribution in [0.4, 0.5) is 0 Å². The van der Waals surface area contributed by atoms with E-state index in [2.05, 4.69) is 13.2 Å². The summed E-state index contributed by atoms with van der Waals surface area (Å²) in [7, 11) is 2.50. The Hall–Kier alpha value is -0.0200. The zero-order valence-electron chi connectivity index (χ0n) is 8.59. The molecule has 0 aliphatic heterocycles. The van der Waals surface area contributed by atoms with Crippen molar-refractivity contribution < 1.29 is 4.79 Å². The molecule has 0 rings (SSSR count). The first-order valence-electron chi connectivity index (χ1n) is 4.27. The standard InChI is InChI=1S/C9H20NOS/c1-6-7-8-12(5,9(2)11)10(3)4/h5-8H2,1-4H3. The van der Waals surface area contributed by atoms with Gasteiger partial charge in [-0.15, -0.1) is 10.2 Å². The van der Waals surface area contributed by atoms with E-state index in [0.717, 1.165) is 18.6 Å². The van der Waals surface area contributed by atoms with Crippen molar-refractivity contribution in [3.05, 3.63) is 6.26 Å². The molecular weight excluding hydrogens is 170 g/mol. The van der Waals surface area contributed by atoms with Crippen LogP contribution in [0.1, 0.15) is 26.7 Å². The van der Waals surface area contributed by atoms with Crippen LogP contribution in [-0.2, 0) is 4.79 Å². The van der Waals surface area contributed by atoms with E-state index in [1.807, 2.05) is 18.4 Å². The molecule has 0 amide bonds. The van der Waals surface area contributed by atoms with E-state index in [0.29, 0.717) is 0 Å². The topological polar surface area (TPSA) is 20.3 Å². The van der Waals surface area contributed by atoms with Gasteiger partial charge in [-0.1, -0.05) is 13.3 Å². The van der Waals surface area contributed by atoms with Crippen molar-refractivity contribution in [3.63, 3.8) is 0 Å². The Labute approximate surface area is 77.8 Å². The van der Waals surface area contributed by atoms with Crippen LogP contribution in [0.2, 0.25) is 0 Å². The first-order chi connectivity index (χ1) is 5.45. The molecule has 0 aliphatic carbocycles. The molecule has 0 aromatic rings. The molecule has 0 aromatic carbocycles. The van der Waals surface area contributed by atoms with Crippen LogP contribution in [-0.4, -0.2) is 29.3 Å². The Morgan fingerprint density at radius 1 is 1.50 bits per heavy atom. The third-order valence-corrected chi connectivity index (χ3v) is 5.50. The van der Waals surface area contributed by atoms with Crippen LogP contribution < -0.4 is 0 Å². The minimum absolute atomic E-state index is 0.237. The fourth-order valence-corrected chi connectivity index (χ4v) is 2.90. The predicted octanol–water partition coefficient (Wildman–Crippen LogP) is 2.41. The molecule has 0 saturated carbocycles. The highest BCUT2D eigenvalue weighted by molar-refractivity contribution is 8.44. The zero-order chi connectivity index (χ0) is 9.78. The van der Waals surface area contributed by atoms with Gasteiger partial charge in [0.05, 0.1) is 0 Å². The van der Waals surface area contributed by atoms with E-state index in [1.165, 1.54) is 0 Å². The Bertz CT molecular complexity index is 159. The maximum Gasteiger partial charge on any atom is 0.181 e. The minimum atomic E-state index is -1.39. The lowest BCUT2D eigenvalue weighted by molar-refractivity contribution is -0.109. The summed E-state index contributed by atoms with van der Waals surface area (Å²) < 4.78 is 1.99. The molecule has 12 heavy (non-hydrogen) atoms. The van der Waals surface area contributed by atoms with E-state index in [4.69, 9.17) is 0 Å². The first kappa shape index (κ1) is 12.0. The molecule has 3 heteroatoms. The van der Waals surface area contributed by atoms with Gasteiger partial charge in [0.15, 0.2) is 5.12 Å². The van der Waals surface area contributed by atoms with Gasteiger partial charge in [-0.3, -0.25) is 9.10 Å². The monoisotopic (exact) mass is 190 g/mol. The molecule has 0 spiro atoms. The Morgan fingerprint density at radius 2 is 2.00 bits per heavy atom. The van der Waals surface area contributed by atoms with Gasteiger partial charge in [0.1, 0.15) is 0 Å². The fourth-order valence-electron chi connectivity index (χ4n) is 0.967. The summed E-state index contributed by atoms with van der Waals surface area (Å²) in [5.74, 6) is 0.936. The Balaban J connectivity index is 4.29. The van der Waals surface area contributed by atoms with E-state index < -0.39 is 10.2 Å². The number of unbranched alkanes of at least 4 members (excludes halogenated alkanes) is 1. The first-order valence-corrected chi connectivity index (χ1v) is 6.20. The Morgan fingerprint density at radius 3 is 2.25 bits per heavy atom. The normalized spacial score (nSPS) is 18.8. The SMILES string of the molecule is [CH2]S(CCCC)(C(C)=O)N(C)C. The lowest BCUT2D eigenvalue weighted by Gasteiger charge is -2.39. The lowest BCUT2D eigenvalue weighted by atomic mass is 10.4. The van der Waals surface area contributed by atoms with Crippen LogP contribution in [0.5, 0.6) is 0 Å². The van der Waals surface area contributed by atoms with Crippen molar-refractivity contribution in [1.82, 2.24) is 4.31 Å². The molecule has 0 N–H and O–H groups in total. The van der Waals surface area contributed by atoms with Crippen LogP contribution in [0, 0.1) is 6.26 Å². The van der Waals surface area contributed by atoms with Crippen molar-refractivity contribution in [2.75, 3.05) is 19.8 Å². The molecular formula is C9H20NOS. The maximum absolute atomic E-state index is 11.3. The average molecular weight is 190 g/mol. The number of carbonyl (C=O) groups is 1. The van der Waals surface area contributed by atoms with Gasteiger partial charge >= 0.3 is 0 Å². The highest BCUT2D eigenvalue weighted by Gasteiger charge is 2.25. The average Bonchev–Trinajstić information content (AvgIpc) is 1.99. The van der Waals surface area contributed by atoms with Gasteiger partial charge < -0.3 is 0 Å². The molecule has 0 aliphatic rings. The van der Waals surface area contributed by atoms with Gasteiger partial charge in [0.25, 0.3) is 0 Å². The second-order valence-corrected chi connectivity index (χ2v) is 6.60. The fraction of sp³-hybridized carbons (Fsp3) is 0.778. The predicted molar refractivity (Wildman–Crippen MR) is 57.1 cm³/mol. The largest absolute Gasteiger partial charge is 0.288 e. The van der Waals surface area contributed by atoms with Crippen molar-refractivity contribution in [3.8, 4) is 0 Å². The number of nitrogens with zero attached hydrogens (tertiary/aromatic N) is 1. The van der Waals surface area contributed by atoms with Crippen molar-refractivity contribution in [2.24, 2.45) is 0 Å². The smallest absolute Gasteiger partial charge is 0.181 e. The van der Waals surface area contributed by atoms with E-state index in [1.54, 1.807) is 6.92 Å². The molecule has 2 nitrogen and oxygen atoms in total. The molecule has 0 fully saturated rings. The summed E-state index contributed by atoms with van der Waals surface area (Å²) in [5.41, 5.74) is 0. The lowest BCUT2D eigenvalue weighted by Crippen LogP contribution is -2.25. The Kier molecular flexibility index (Phi) is 4.87. The van der Waals surface area contributed by atoms with Crippen LogP contribution in [0.25, 0.3) is 0 Å². The van der Waals surface area contributed by atoms with Crippen molar-refractivity contribution >= 4 is 15.3 Å². The third kappa shape index (κ3) is 2.79. The highest BCUT2D eigenvalue weighted by Crippen LogP contribution is 2.49. The van der Waals surface area contributed by atoms with E-state index >= 15 is 0 Å². The molecule has 0 saturated heterocycles. The second-order valence-electron chi connectivity index (χ2n) is 3.20. The summed E-state index contributed by atoms with van der Waals surface area (Å²) >= 11 is 0. The quantitative estimate of drug-likeness (QED) is 0.678. The molecule has 1 unspecified atom stereocenters. The summed E-state index contributed by atoms with van der Waals surface area (Å²) in [6, 6.07) is 0. The summed E-state index contributed by atoms with van der Waals surface area (Å²) in [5, 5.41) is 0.237. The van der Waals surface area contributed by atoms with Gasteiger partial charge in [0.2, 0.25) is 0 Å². The van der Waals surface area contributed by atoms with Crippen LogP contribution >= 0.6 is 10.2 Å². The second kappa shape index (κ2) is 4.87. The third-order valence-electron chi connectivity index (χ3n) is 2.07. The molecule has 1 atom stereocenters. The van der Waals surface area contributed by atoms with Crippen LogP contribution in [0.3, 0.4) is 0 Å². The number of rotatable bonds is 4. The summed E-state index contributed by atoms with van der Waals surface area (Å²) in [6.07, 6.45) is 6.29. The number of hydrogen-bond donors (Lipinski definition) is 0. The summed E-state index contributed by atoms with van der Waals surface area (Å²) in [6.45, 7) is 3.79.